The summed E-state index contributed by atoms with van der Waals surface area (Å²) in [5, 5.41) is 17.3. The zero-order chi connectivity index (χ0) is 21.6. The van der Waals surface area contributed by atoms with E-state index in [4.69, 9.17) is 10.5 Å². The van der Waals surface area contributed by atoms with Crippen LogP contribution in [0.5, 0.6) is 11.5 Å². The highest BCUT2D eigenvalue weighted by atomic mass is 19.1. The molecule has 152 valence electrons. The minimum Gasteiger partial charge on any atom is -0.455 e. The fourth-order valence-corrected chi connectivity index (χ4v) is 3.26. The van der Waals surface area contributed by atoms with Gasteiger partial charge in [-0.25, -0.2) is 4.39 Å². The Morgan fingerprint density at radius 2 is 1.77 bits per heavy atom. The third kappa shape index (κ3) is 4.58. The fraction of sp³-hybridized carbons (Fsp3) is 0.0800. The van der Waals surface area contributed by atoms with Gasteiger partial charge < -0.3 is 10.5 Å². The van der Waals surface area contributed by atoms with Gasteiger partial charge in [-0.05, 0) is 54.4 Å². The number of nitrogens with zero attached hydrogens (tertiary/aromatic N) is 3. The normalized spacial score (nSPS) is 10.5. The molecule has 1 heterocycles. The van der Waals surface area contributed by atoms with E-state index in [9.17, 15) is 9.65 Å². The van der Waals surface area contributed by atoms with E-state index in [1.54, 1.807) is 36.4 Å². The van der Waals surface area contributed by atoms with Crippen LogP contribution in [-0.4, -0.2) is 16.7 Å². The Labute approximate surface area is 179 Å². The van der Waals surface area contributed by atoms with Gasteiger partial charge in [0.25, 0.3) is 0 Å². The highest BCUT2D eigenvalue weighted by molar-refractivity contribution is 5.72. The first kappa shape index (κ1) is 20.2. The van der Waals surface area contributed by atoms with Gasteiger partial charge in [-0.15, -0.1) is 0 Å². The zero-order valence-corrected chi connectivity index (χ0v) is 16.6. The first-order valence-electron chi connectivity index (χ1n) is 9.77. The Balaban J connectivity index is 1.71. The van der Waals surface area contributed by atoms with Crippen molar-refractivity contribution >= 4 is 0 Å². The molecule has 4 aromatic rings. The van der Waals surface area contributed by atoms with E-state index in [1.807, 2.05) is 30.3 Å². The maximum atomic E-state index is 14.2. The minimum absolute atomic E-state index is 0.335. The number of halogens is 1. The lowest BCUT2D eigenvalue weighted by molar-refractivity contribution is 0.480. The van der Waals surface area contributed by atoms with E-state index < -0.39 is 5.82 Å². The molecule has 4 rings (SSSR count). The second-order valence-corrected chi connectivity index (χ2v) is 6.92. The molecular formula is C25H19FN4O. The SMILES string of the molecule is N#Cc1ccc(-c2ccc(CCN)cc2)c(Oc2cnnc(-c3ccccc3F)c2)c1. The van der Waals surface area contributed by atoms with Gasteiger partial charge in [-0.2, -0.15) is 15.5 Å². The number of nitrogens with two attached hydrogens (primary N) is 1. The third-order valence-electron chi connectivity index (χ3n) is 4.82. The first-order chi connectivity index (χ1) is 15.2. The molecule has 6 heteroatoms. The molecule has 0 atom stereocenters. The van der Waals surface area contributed by atoms with Gasteiger partial charge in [-0.1, -0.05) is 36.4 Å². The van der Waals surface area contributed by atoms with Crippen molar-refractivity contribution in [2.24, 2.45) is 5.73 Å². The average molecular weight is 410 g/mol. The molecule has 0 aliphatic carbocycles. The number of aromatic nitrogens is 2. The summed E-state index contributed by atoms with van der Waals surface area (Å²) in [4.78, 5) is 0. The van der Waals surface area contributed by atoms with Crippen molar-refractivity contribution in [2.45, 2.75) is 6.42 Å². The number of nitriles is 1. The van der Waals surface area contributed by atoms with Crippen molar-refractivity contribution in [1.29, 1.82) is 5.26 Å². The lowest BCUT2D eigenvalue weighted by Crippen LogP contribution is -2.02. The molecule has 0 radical (unpaired) electrons. The third-order valence-corrected chi connectivity index (χ3v) is 4.82. The van der Waals surface area contributed by atoms with Crippen molar-refractivity contribution in [3.05, 3.63) is 95.9 Å². The lowest BCUT2D eigenvalue weighted by Gasteiger charge is -2.13. The summed E-state index contributed by atoms with van der Waals surface area (Å²) in [6.45, 7) is 0.587. The van der Waals surface area contributed by atoms with Crippen molar-refractivity contribution in [3.63, 3.8) is 0 Å². The monoisotopic (exact) mass is 410 g/mol. The Hall–Kier alpha value is -4.08. The summed E-state index contributed by atoms with van der Waals surface area (Å²) in [5.41, 5.74) is 9.71. The average Bonchev–Trinajstić information content (AvgIpc) is 2.80. The first-order valence-corrected chi connectivity index (χ1v) is 9.77. The molecule has 31 heavy (non-hydrogen) atoms. The van der Waals surface area contributed by atoms with E-state index in [2.05, 4.69) is 16.3 Å². The number of hydrogen-bond acceptors (Lipinski definition) is 5. The van der Waals surface area contributed by atoms with E-state index in [1.165, 1.54) is 12.3 Å². The number of hydrogen-bond donors (Lipinski definition) is 1. The van der Waals surface area contributed by atoms with Crippen molar-refractivity contribution in [1.82, 2.24) is 10.2 Å². The van der Waals surface area contributed by atoms with E-state index in [0.29, 0.717) is 34.9 Å². The standard InChI is InChI=1S/C25H19FN4O/c26-23-4-2-1-3-22(23)24-14-20(16-29-30-24)31-25-13-18(15-28)7-10-21(25)19-8-5-17(6-9-19)11-12-27/h1-10,13-14,16H,11-12,27H2. The zero-order valence-electron chi connectivity index (χ0n) is 16.6. The van der Waals surface area contributed by atoms with Crippen LogP contribution < -0.4 is 10.5 Å². The molecule has 5 nitrogen and oxygen atoms in total. The number of benzene rings is 3. The summed E-state index contributed by atoms with van der Waals surface area (Å²) >= 11 is 0. The van der Waals surface area contributed by atoms with Gasteiger partial charge in [0.05, 0.1) is 23.5 Å². The minimum atomic E-state index is -0.390. The molecule has 0 aliphatic rings. The number of ether oxygens (including phenoxy) is 1. The van der Waals surface area contributed by atoms with Gasteiger partial charge in [0, 0.05) is 17.2 Å². The highest BCUT2D eigenvalue weighted by Gasteiger charge is 2.12. The van der Waals surface area contributed by atoms with Gasteiger partial charge in [0.15, 0.2) is 0 Å². The Bertz CT molecular complexity index is 1250. The predicted molar refractivity (Wildman–Crippen MR) is 117 cm³/mol. The largest absolute Gasteiger partial charge is 0.455 e. The smallest absolute Gasteiger partial charge is 0.149 e. The van der Waals surface area contributed by atoms with Crippen LogP contribution in [0.2, 0.25) is 0 Å². The van der Waals surface area contributed by atoms with Crippen LogP contribution in [0.1, 0.15) is 11.1 Å². The van der Waals surface area contributed by atoms with Gasteiger partial charge in [0.2, 0.25) is 0 Å². The van der Waals surface area contributed by atoms with Crippen LogP contribution in [-0.2, 0) is 6.42 Å². The summed E-state index contributed by atoms with van der Waals surface area (Å²) in [6, 6.07) is 23.4. The van der Waals surface area contributed by atoms with Crippen LogP contribution in [0.15, 0.2) is 79.0 Å². The molecule has 0 saturated carbocycles. The Morgan fingerprint density at radius 3 is 2.52 bits per heavy atom. The van der Waals surface area contributed by atoms with Crippen LogP contribution in [0, 0.1) is 17.1 Å². The van der Waals surface area contributed by atoms with E-state index >= 15 is 0 Å². The summed E-state index contributed by atoms with van der Waals surface area (Å²) < 4.78 is 20.2. The van der Waals surface area contributed by atoms with Crippen molar-refractivity contribution in [2.75, 3.05) is 6.54 Å². The molecule has 0 amide bonds. The maximum Gasteiger partial charge on any atom is 0.149 e. The molecule has 3 aromatic carbocycles. The van der Waals surface area contributed by atoms with Gasteiger partial charge in [-0.3, -0.25) is 0 Å². The molecule has 0 unspecified atom stereocenters. The molecular weight excluding hydrogens is 391 g/mol. The quantitative estimate of drug-likeness (QED) is 0.477. The molecule has 0 saturated heterocycles. The van der Waals surface area contributed by atoms with Gasteiger partial charge in [0.1, 0.15) is 17.3 Å². The molecule has 2 N–H and O–H groups in total. The summed E-state index contributed by atoms with van der Waals surface area (Å²) in [5.74, 6) is 0.501. The fourth-order valence-electron chi connectivity index (χ4n) is 3.26. The Kier molecular flexibility index (Phi) is 5.97. The topological polar surface area (TPSA) is 84.8 Å². The molecule has 0 fully saturated rings. The Morgan fingerprint density at radius 1 is 0.968 bits per heavy atom. The van der Waals surface area contributed by atoms with Crippen LogP contribution >= 0.6 is 0 Å². The van der Waals surface area contributed by atoms with E-state index in [-0.39, 0.29) is 0 Å². The second-order valence-electron chi connectivity index (χ2n) is 6.92. The van der Waals surface area contributed by atoms with Crippen LogP contribution in [0.25, 0.3) is 22.4 Å². The van der Waals surface area contributed by atoms with Crippen molar-refractivity contribution in [3.8, 4) is 40.0 Å². The van der Waals surface area contributed by atoms with Gasteiger partial charge >= 0.3 is 0 Å². The summed E-state index contributed by atoms with van der Waals surface area (Å²) in [6.07, 6.45) is 2.26. The summed E-state index contributed by atoms with van der Waals surface area (Å²) in [7, 11) is 0. The maximum absolute atomic E-state index is 14.2. The van der Waals surface area contributed by atoms with Crippen LogP contribution in [0.3, 0.4) is 0 Å². The number of rotatable bonds is 6. The predicted octanol–water partition coefficient (Wildman–Crippen LogP) is 5.11. The van der Waals surface area contributed by atoms with Crippen LogP contribution in [0.4, 0.5) is 4.39 Å². The molecule has 0 bridgehead atoms. The molecule has 1 aromatic heterocycles. The molecule has 0 aliphatic heterocycles. The van der Waals surface area contributed by atoms with Crippen molar-refractivity contribution < 1.29 is 9.13 Å². The highest BCUT2D eigenvalue weighted by Crippen LogP contribution is 2.35. The lowest BCUT2D eigenvalue weighted by atomic mass is 10.0. The second kappa shape index (κ2) is 9.16. The molecule has 0 spiro atoms. The van der Waals surface area contributed by atoms with E-state index in [0.717, 1.165) is 23.1 Å².